The van der Waals surface area contributed by atoms with E-state index in [9.17, 15) is 4.79 Å². The minimum Gasteiger partial charge on any atom is -0.324 e. The van der Waals surface area contributed by atoms with Gasteiger partial charge in [0.25, 0.3) is 5.91 Å². The molecular formula is C21H18N4O. The van der Waals surface area contributed by atoms with Gasteiger partial charge in [0.15, 0.2) is 0 Å². The molecule has 1 amide bonds. The molecule has 1 N–H and O–H groups in total. The van der Waals surface area contributed by atoms with Crippen LogP contribution in [0.2, 0.25) is 0 Å². The van der Waals surface area contributed by atoms with E-state index in [1.165, 1.54) is 0 Å². The highest BCUT2D eigenvalue weighted by Crippen LogP contribution is 2.27. The number of nitrogens with one attached hydrogen (secondary N) is 1. The van der Waals surface area contributed by atoms with Crippen LogP contribution in [-0.4, -0.2) is 20.3 Å². The van der Waals surface area contributed by atoms with E-state index in [1.54, 1.807) is 10.9 Å². The van der Waals surface area contributed by atoms with Crippen LogP contribution in [0.3, 0.4) is 0 Å². The SMILES string of the molecule is Cn1ncc(NC(=O)c2ccc(-n3cccc3)cc2)c1-c1ccccc1. The molecule has 5 nitrogen and oxygen atoms in total. The molecule has 0 aliphatic carbocycles. The zero-order valence-corrected chi connectivity index (χ0v) is 14.3. The third kappa shape index (κ3) is 3.02. The number of nitrogens with zero attached hydrogens (tertiary/aromatic N) is 3. The number of benzene rings is 2. The molecule has 0 saturated heterocycles. The quantitative estimate of drug-likeness (QED) is 0.606. The predicted octanol–water partition coefficient (Wildman–Crippen LogP) is 4.13. The highest BCUT2D eigenvalue weighted by atomic mass is 16.1. The van der Waals surface area contributed by atoms with Crippen LogP contribution in [-0.2, 0) is 7.05 Å². The molecule has 2 heterocycles. The summed E-state index contributed by atoms with van der Waals surface area (Å²) >= 11 is 0. The first kappa shape index (κ1) is 15.9. The molecule has 5 heteroatoms. The predicted molar refractivity (Wildman–Crippen MR) is 102 cm³/mol. The van der Waals surface area contributed by atoms with E-state index in [2.05, 4.69) is 10.4 Å². The Hall–Kier alpha value is -3.60. The summed E-state index contributed by atoms with van der Waals surface area (Å²) in [4.78, 5) is 12.6. The van der Waals surface area contributed by atoms with Gasteiger partial charge in [0.05, 0.1) is 17.6 Å². The largest absolute Gasteiger partial charge is 0.324 e. The average molecular weight is 342 g/mol. The van der Waals surface area contributed by atoms with Crippen LogP contribution < -0.4 is 5.32 Å². The standard InChI is InChI=1S/C21H18N4O/c1-24-20(16-7-3-2-4-8-16)19(15-22-24)23-21(26)17-9-11-18(12-10-17)25-13-5-6-14-25/h2-15H,1H3,(H,23,26). The number of hydrogen-bond donors (Lipinski definition) is 1. The lowest BCUT2D eigenvalue weighted by molar-refractivity contribution is 0.102. The van der Waals surface area contributed by atoms with Gasteiger partial charge in [-0.1, -0.05) is 30.3 Å². The smallest absolute Gasteiger partial charge is 0.255 e. The molecule has 26 heavy (non-hydrogen) atoms. The summed E-state index contributed by atoms with van der Waals surface area (Å²) in [6.45, 7) is 0. The molecule has 2 aromatic carbocycles. The second kappa shape index (κ2) is 6.72. The summed E-state index contributed by atoms with van der Waals surface area (Å²) in [5, 5.41) is 7.26. The summed E-state index contributed by atoms with van der Waals surface area (Å²) in [5.41, 5.74) is 4.19. The molecule has 0 spiro atoms. The molecule has 4 aromatic rings. The summed E-state index contributed by atoms with van der Waals surface area (Å²) in [6.07, 6.45) is 5.61. The van der Waals surface area contributed by atoms with Gasteiger partial charge in [-0.2, -0.15) is 5.10 Å². The highest BCUT2D eigenvalue weighted by molar-refractivity contribution is 6.06. The lowest BCUT2D eigenvalue weighted by atomic mass is 10.1. The molecule has 0 aliphatic rings. The maximum atomic E-state index is 12.6. The first-order valence-electron chi connectivity index (χ1n) is 8.34. The molecule has 0 fully saturated rings. The lowest BCUT2D eigenvalue weighted by Crippen LogP contribution is -2.12. The van der Waals surface area contributed by atoms with Crippen LogP contribution in [0.4, 0.5) is 5.69 Å². The Balaban J connectivity index is 1.58. The van der Waals surface area contributed by atoms with Crippen molar-refractivity contribution in [2.24, 2.45) is 7.05 Å². The lowest BCUT2D eigenvalue weighted by Gasteiger charge is -2.09. The fourth-order valence-corrected chi connectivity index (χ4v) is 2.95. The van der Waals surface area contributed by atoms with Gasteiger partial charge in [-0.25, -0.2) is 0 Å². The van der Waals surface area contributed by atoms with Crippen LogP contribution in [0.1, 0.15) is 10.4 Å². The van der Waals surface area contributed by atoms with Gasteiger partial charge in [0.2, 0.25) is 0 Å². The van der Waals surface area contributed by atoms with Crippen molar-refractivity contribution in [2.75, 3.05) is 5.32 Å². The third-order valence-corrected chi connectivity index (χ3v) is 4.27. The minimum absolute atomic E-state index is 0.158. The number of hydrogen-bond acceptors (Lipinski definition) is 2. The van der Waals surface area contributed by atoms with Gasteiger partial charge in [0, 0.05) is 36.3 Å². The summed E-state index contributed by atoms with van der Waals surface area (Å²) in [7, 11) is 1.86. The first-order valence-corrected chi connectivity index (χ1v) is 8.34. The van der Waals surface area contributed by atoms with E-state index in [-0.39, 0.29) is 5.91 Å². The molecule has 2 aromatic heterocycles. The molecule has 0 saturated carbocycles. The summed E-state index contributed by atoms with van der Waals surface area (Å²) < 4.78 is 3.76. The Morgan fingerprint density at radius 1 is 0.923 bits per heavy atom. The second-order valence-corrected chi connectivity index (χ2v) is 5.99. The fraction of sp³-hybridized carbons (Fsp3) is 0.0476. The van der Waals surface area contributed by atoms with Crippen LogP contribution in [0.5, 0.6) is 0 Å². The molecular weight excluding hydrogens is 324 g/mol. The molecule has 0 aliphatic heterocycles. The molecule has 4 rings (SSSR count). The Morgan fingerprint density at radius 2 is 1.62 bits per heavy atom. The van der Waals surface area contributed by atoms with Crippen molar-refractivity contribution in [3.63, 3.8) is 0 Å². The third-order valence-electron chi connectivity index (χ3n) is 4.27. The number of aryl methyl sites for hydroxylation is 1. The van der Waals surface area contributed by atoms with Crippen LogP contribution in [0.15, 0.2) is 85.3 Å². The van der Waals surface area contributed by atoms with E-state index in [1.807, 2.05) is 90.7 Å². The number of rotatable bonds is 4. The van der Waals surface area contributed by atoms with E-state index in [4.69, 9.17) is 0 Å². The van der Waals surface area contributed by atoms with Crippen molar-refractivity contribution in [1.82, 2.24) is 14.3 Å². The Morgan fingerprint density at radius 3 is 2.31 bits per heavy atom. The van der Waals surface area contributed by atoms with Crippen molar-refractivity contribution in [3.8, 4) is 16.9 Å². The van der Waals surface area contributed by atoms with Gasteiger partial charge < -0.3 is 9.88 Å². The molecule has 0 unspecified atom stereocenters. The second-order valence-electron chi connectivity index (χ2n) is 5.99. The van der Waals surface area contributed by atoms with Gasteiger partial charge in [-0.15, -0.1) is 0 Å². The van der Waals surface area contributed by atoms with Crippen molar-refractivity contribution in [3.05, 3.63) is 90.9 Å². The normalized spacial score (nSPS) is 10.7. The maximum absolute atomic E-state index is 12.6. The van der Waals surface area contributed by atoms with Gasteiger partial charge >= 0.3 is 0 Å². The van der Waals surface area contributed by atoms with Gasteiger partial charge in [0.1, 0.15) is 0 Å². The van der Waals surface area contributed by atoms with Crippen molar-refractivity contribution in [1.29, 1.82) is 0 Å². The minimum atomic E-state index is -0.158. The van der Waals surface area contributed by atoms with Gasteiger partial charge in [-0.3, -0.25) is 9.48 Å². The Bertz CT molecular complexity index is 1020. The Kier molecular flexibility index (Phi) is 4.11. The zero-order valence-electron chi connectivity index (χ0n) is 14.3. The van der Waals surface area contributed by atoms with Crippen LogP contribution >= 0.6 is 0 Å². The monoisotopic (exact) mass is 342 g/mol. The first-order chi connectivity index (χ1) is 12.7. The van der Waals surface area contributed by atoms with E-state index in [0.29, 0.717) is 11.3 Å². The topological polar surface area (TPSA) is 51.9 Å². The number of aromatic nitrogens is 3. The summed E-state index contributed by atoms with van der Waals surface area (Å²) in [6, 6.07) is 21.3. The molecule has 128 valence electrons. The van der Waals surface area contributed by atoms with E-state index < -0.39 is 0 Å². The fourth-order valence-electron chi connectivity index (χ4n) is 2.95. The number of carbonyl (C=O) groups is 1. The van der Waals surface area contributed by atoms with Crippen LogP contribution in [0, 0.1) is 0 Å². The molecule has 0 radical (unpaired) electrons. The number of carbonyl (C=O) groups excluding carboxylic acids is 1. The zero-order chi connectivity index (χ0) is 17.9. The summed E-state index contributed by atoms with van der Waals surface area (Å²) in [5.74, 6) is -0.158. The van der Waals surface area contributed by atoms with Crippen molar-refractivity contribution >= 4 is 11.6 Å². The number of anilines is 1. The molecule has 0 atom stereocenters. The Labute approximate surface area is 151 Å². The van der Waals surface area contributed by atoms with E-state index >= 15 is 0 Å². The van der Waals surface area contributed by atoms with Crippen molar-refractivity contribution in [2.45, 2.75) is 0 Å². The van der Waals surface area contributed by atoms with Gasteiger partial charge in [-0.05, 0) is 36.4 Å². The van der Waals surface area contributed by atoms with E-state index in [0.717, 1.165) is 16.9 Å². The highest BCUT2D eigenvalue weighted by Gasteiger charge is 2.14. The van der Waals surface area contributed by atoms with Crippen molar-refractivity contribution < 1.29 is 4.79 Å². The van der Waals surface area contributed by atoms with Crippen LogP contribution in [0.25, 0.3) is 16.9 Å². The number of amides is 1. The average Bonchev–Trinajstić information content (AvgIpc) is 3.33. The maximum Gasteiger partial charge on any atom is 0.255 e. The molecule has 0 bridgehead atoms.